The number of nitrogens with zero attached hydrogens (tertiary/aromatic N) is 2. The first-order chi connectivity index (χ1) is 17.3. The quantitative estimate of drug-likeness (QED) is 0.305. The number of fused-ring (bicyclic) bond motifs is 1. The zero-order valence-electron chi connectivity index (χ0n) is 20.1. The third-order valence-corrected chi connectivity index (χ3v) is 7.95. The van der Waals surface area contributed by atoms with Crippen LogP contribution in [0.25, 0.3) is 10.1 Å². The van der Waals surface area contributed by atoms with Crippen molar-refractivity contribution in [3.05, 3.63) is 107 Å². The SMILES string of the molecule is O=C(NCCCCN1CCN(C(c2ccccc2)c2ccccc2)CC1)c1cc2ccccc2s1. The van der Waals surface area contributed by atoms with Gasteiger partial charge in [-0.15, -0.1) is 11.3 Å². The molecule has 1 fully saturated rings. The Morgan fingerprint density at radius 1 is 0.800 bits per heavy atom. The third-order valence-electron chi connectivity index (χ3n) is 6.84. The number of piperazine rings is 1. The summed E-state index contributed by atoms with van der Waals surface area (Å²) in [4.78, 5) is 18.5. The van der Waals surface area contributed by atoms with Gasteiger partial charge in [-0.05, 0) is 48.0 Å². The van der Waals surface area contributed by atoms with Gasteiger partial charge in [0.25, 0.3) is 5.91 Å². The van der Waals surface area contributed by atoms with E-state index in [0.717, 1.165) is 62.4 Å². The molecule has 0 atom stereocenters. The van der Waals surface area contributed by atoms with E-state index >= 15 is 0 Å². The van der Waals surface area contributed by atoms with Gasteiger partial charge in [0.15, 0.2) is 0 Å². The normalized spacial score (nSPS) is 15.0. The highest BCUT2D eigenvalue weighted by Gasteiger charge is 2.26. The number of amides is 1. The zero-order valence-corrected chi connectivity index (χ0v) is 20.9. The average molecular weight is 484 g/mol. The van der Waals surface area contributed by atoms with Crippen molar-refractivity contribution in [3.63, 3.8) is 0 Å². The molecule has 1 N–H and O–H groups in total. The molecule has 4 aromatic rings. The minimum atomic E-state index is 0.0488. The van der Waals surface area contributed by atoms with Gasteiger partial charge in [0.2, 0.25) is 0 Å². The fraction of sp³-hybridized carbons (Fsp3) is 0.300. The standard InChI is InChI=1S/C30H33N3OS/c34-30(28-23-26-15-7-8-16-27(26)35-28)31-17-9-10-18-32-19-21-33(22-20-32)29(24-11-3-1-4-12-24)25-13-5-2-6-14-25/h1-8,11-16,23,29H,9-10,17-22H2,(H,31,34). The number of carbonyl (C=O) groups excluding carboxylic acids is 1. The van der Waals surface area contributed by atoms with Crippen molar-refractivity contribution in [1.29, 1.82) is 0 Å². The molecule has 0 radical (unpaired) electrons. The first-order valence-electron chi connectivity index (χ1n) is 12.6. The summed E-state index contributed by atoms with van der Waals surface area (Å²) < 4.78 is 1.17. The summed E-state index contributed by atoms with van der Waals surface area (Å²) in [6, 6.07) is 32.2. The summed E-state index contributed by atoms with van der Waals surface area (Å²) >= 11 is 1.57. The molecule has 180 valence electrons. The molecule has 35 heavy (non-hydrogen) atoms. The summed E-state index contributed by atoms with van der Waals surface area (Å²) in [6.45, 7) is 6.13. The second-order valence-corrected chi connectivity index (χ2v) is 10.3. The third kappa shape index (κ3) is 5.99. The molecule has 1 saturated heterocycles. The lowest BCUT2D eigenvalue weighted by Crippen LogP contribution is -2.48. The lowest BCUT2D eigenvalue weighted by atomic mass is 9.96. The van der Waals surface area contributed by atoms with E-state index in [1.807, 2.05) is 18.2 Å². The van der Waals surface area contributed by atoms with Crippen LogP contribution in [0.15, 0.2) is 91.0 Å². The maximum atomic E-state index is 12.5. The largest absolute Gasteiger partial charge is 0.351 e. The van der Waals surface area contributed by atoms with Crippen molar-refractivity contribution in [1.82, 2.24) is 15.1 Å². The predicted octanol–water partition coefficient (Wildman–Crippen LogP) is 5.82. The van der Waals surface area contributed by atoms with Crippen LogP contribution in [-0.4, -0.2) is 55.0 Å². The summed E-state index contributed by atoms with van der Waals surface area (Å²) in [5.41, 5.74) is 2.73. The Hall–Kier alpha value is -2.99. The molecule has 4 nitrogen and oxygen atoms in total. The fourth-order valence-electron chi connectivity index (χ4n) is 4.97. The van der Waals surface area contributed by atoms with Crippen molar-refractivity contribution in [2.24, 2.45) is 0 Å². The van der Waals surface area contributed by atoms with Gasteiger partial charge in [0, 0.05) is 37.4 Å². The van der Waals surface area contributed by atoms with Crippen molar-refractivity contribution < 1.29 is 4.79 Å². The van der Waals surface area contributed by atoms with Gasteiger partial charge in [0.05, 0.1) is 10.9 Å². The van der Waals surface area contributed by atoms with Crippen LogP contribution in [0.5, 0.6) is 0 Å². The number of unbranched alkanes of at least 4 members (excludes halogenated alkanes) is 1. The summed E-state index contributed by atoms with van der Waals surface area (Å²) in [5.74, 6) is 0.0488. The van der Waals surface area contributed by atoms with Gasteiger partial charge in [-0.25, -0.2) is 0 Å². The predicted molar refractivity (Wildman–Crippen MR) is 146 cm³/mol. The summed E-state index contributed by atoms with van der Waals surface area (Å²) in [5, 5.41) is 4.24. The zero-order chi connectivity index (χ0) is 23.9. The maximum Gasteiger partial charge on any atom is 0.261 e. The number of hydrogen-bond acceptors (Lipinski definition) is 4. The Morgan fingerprint density at radius 2 is 1.43 bits per heavy atom. The van der Waals surface area contributed by atoms with Crippen molar-refractivity contribution in [2.75, 3.05) is 39.3 Å². The molecule has 5 rings (SSSR count). The Balaban J connectivity index is 1.06. The number of thiophene rings is 1. The molecule has 0 aliphatic carbocycles. The molecule has 1 aromatic heterocycles. The average Bonchev–Trinajstić information content (AvgIpc) is 3.35. The highest BCUT2D eigenvalue weighted by molar-refractivity contribution is 7.20. The number of rotatable bonds is 9. The number of benzene rings is 3. The van der Waals surface area contributed by atoms with Crippen LogP contribution in [0, 0.1) is 0 Å². The van der Waals surface area contributed by atoms with E-state index in [1.54, 1.807) is 11.3 Å². The number of carbonyl (C=O) groups is 1. The first-order valence-corrected chi connectivity index (χ1v) is 13.4. The Morgan fingerprint density at radius 3 is 2.09 bits per heavy atom. The highest BCUT2D eigenvalue weighted by atomic mass is 32.1. The van der Waals surface area contributed by atoms with Crippen LogP contribution < -0.4 is 5.32 Å². The van der Waals surface area contributed by atoms with Crippen LogP contribution in [0.1, 0.15) is 39.7 Å². The number of hydrogen-bond donors (Lipinski definition) is 1. The molecule has 3 aromatic carbocycles. The molecule has 1 aliphatic rings. The Labute approximate surface area is 212 Å². The van der Waals surface area contributed by atoms with Crippen molar-refractivity contribution >= 4 is 27.3 Å². The van der Waals surface area contributed by atoms with Crippen LogP contribution in [0.4, 0.5) is 0 Å². The van der Waals surface area contributed by atoms with Gasteiger partial charge < -0.3 is 10.2 Å². The highest BCUT2D eigenvalue weighted by Crippen LogP contribution is 2.29. The molecule has 5 heteroatoms. The molecule has 0 bridgehead atoms. The molecule has 0 unspecified atom stereocenters. The van der Waals surface area contributed by atoms with Gasteiger partial charge in [0.1, 0.15) is 0 Å². The fourth-order valence-corrected chi connectivity index (χ4v) is 5.95. The van der Waals surface area contributed by atoms with Crippen molar-refractivity contribution in [3.8, 4) is 0 Å². The Kier molecular flexibility index (Phi) is 7.89. The van der Waals surface area contributed by atoms with Crippen LogP contribution in [0.2, 0.25) is 0 Å². The van der Waals surface area contributed by atoms with Gasteiger partial charge >= 0.3 is 0 Å². The molecular formula is C30H33N3OS. The molecule has 0 saturated carbocycles. The van der Waals surface area contributed by atoms with E-state index in [1.165, 1.54) is 15.8 Å². The lowest BCUT2D eigenvalue weighted by molar-refractivity contribution is 0.0953. The molecule has 1 amide bonds. The van der Waals surface area contributed by atoms with Gasteiger partial charge in [-0.2, -0.15) is 0 Å². The number of nitrogens with one attached hydrogen (secondary N) is 1. The summed E-state index contributed by atoms with van der Waals surface area (Å²) in [7, 11) is 0. The van der Waals surface area contributed by atoms with Gasteiger partial charge in [-0.1, -0.05) is 78.9 Å². The smallest absolute Gasteiger partial charge is 0.261 e. The van der Waals surface area contributed by atoms with Crippen LogP contribution >= 0.6 is 11.3 Å². The van der Waals surface area contributed by atoms with E-state index in [2.05, 4.69) is 87.9 Å². The van der Waals surface area contributed by atoms with E-state index in [-0.39, 0.29) is 5.91 Å². The second kappa shape index (κ2) is 11.6. The van der Waals surface area contributed by atoms with E-state index < -0.39 is 0 Å². The van der Waals surface area contributed by atoms with Crippen LogP contribution in [-0.2, 0) is 0 Å². The molecule has 2 heterocycles. The topological polar surface area (TPSA) is 35.6 Å². The maximum absolute atomic E-state index is 12.5. The van der Waals surface area contributed by atoms with Gasteiger partial charge in [-0.3, -0.25) is 9.69 Å². The molecular weight excluding hydrogens is 450 g/mol. The molecule has 1 aliphatic heterocycles. The van der Waals surface area contributed by atoms with E-state index in [0.29, 0.717) is 6.04 Å². The second-order valence-electron chi connectivity index (χ2n) is 9.21. The first kappa shape index (κ1) is 23.7. The molecule has 0 spiro atoms. The summed E-state index contributed by atoms with van der Waals surface area (Å²) in [6.07, 6.45) is 2.11. The monoisotopic (exact) mass is 483 g/mol. The minimum absolute atomic E-state index is 0.0488. The van der Waals surface area contributed by atoms with Crippen molar-refractivity contribution in [2.45, 2.75) is 18.9 Å². The van der Waals surface area contributed by atoms with E-state index in [4.69, 9.17) is 0 Å². The Bertz CT molecular complexity index is 1140. The minimum Gasteiger partial charge on any atom is -0.351 e. The lowest BCUT2D eigenvalue weighted by Gasteiger charge is -2.39. The van der Waals surface area contributed by atoms with Crippen LogP contribution in [0.3, 0.4) is 0 Å². The van der Waals surface area contributed by atoms with E-state index in [9.17, 15) is 4.79 Å².